The van der Waals surface area contributed by atoms with Gasteiger partial charge in [-0.25, -0.2) is 0 Å². The standard InChI is InChI=1S/C14H21FN2O2/c1-4-11(5-2)10-16(6-3)13-9-7-8-12(15)14(13)17(18)19/h7-9,11H,4-6,10H2,1-3H3. The molecule has 0 bridgehead atoms. The van der Waals surface area contributed by atoms with Crippen molar-refractivity contribution in [3.63, 3.8) is 0 Å². The van der Waals surface area contributed by atoms with Crippen LogP contribution in [0.4, 0.5) is 15.8 Å². The largest absolute Gasteiger partial charge is 0.366 e. The number of benzene rings is 1. The van der Waals surface area contributed by atoms with Crippen molar-refractivity contribution in [3.8, 4) is 0 Å². The van der Waals surface area contributed by atoms with Gasteiger partial charge in [-0.05, 0) is 25.0 Å². The number of nitro benzene ring substituents is 1. The SMILES string of the molecule is CCC(CC)CN(CC)c1cccc(F)c1[N+](=O)[O-]. The fourth-order valence-electron chi connectivity index (χ4n) is 2.20. The second-order valence-electron chi connectivity index (χ2n) is 4.59. The van der Waals surface area contributed by atoms with E-state index in [-0.39, 0.29) is 0 Å². The summed E-state index contributed by atoms with van der Waals surface area (Å²) in [6, 6.07) is 4.27. The lowest BCUT2D eigenvalue weighted by molar-refractivity contribution is -0.386. The summed E-state index contributed by atoms with van der Waals surface area (Å²) in [4.78, 5) is 12.3. The summed E-state index contributed by atoms with van der Waals surface area (Å²) < 4.78 is 13.6. The van der Waals surface area contributed by atoms with Gasteiger partial charge >= 0.3 is 5.69 Å². The van der Waals surface area contributed by atoms with Gasteiger partial charge in [0, 0.05) is 13.1 Å². The van der Waals surface area contributed by atoms with Gasteiger partial charge in [-0.2, -0.15) is 4.39 Å². The number of hydrogen-bond acceptors (Lipinski definition) is 3. The number of hydrogen-bond donors (Lipinski definition) is 0. The molecule has 0 saturated heterocycles. The summed E-state index contributed by atoms with van der Waals surface area (Å²) in [5, 5.41) is 11.0. The Morgan fingerprint density at radius 1 is 1.32 bits per heavy atom. The van der Waals surface area contributed by atoms with Crippen LogP contribution in [0.15, 0.2) is 18.2 Å². The van der Waals surface area contributed by atoms with Crippen molar-refractivity contribution in [2.75, 3.05) is 18.0 Å². The molecular weight excluding hydrogens is 247 g/mol. The summed E-state index contributed by atoms with van der Waals surface area (Å²) in [6.45, 7) is 7.47. The summed E-state index contributed by atoms with van der Waals surface area (Å²) >= 11 is 0. The van der Waals surface area contributed by atoms with E-state index in [1.807, 2.05) is 11.8 Å². The van der Waals surface area contributed by atoms with E-state index < -0.39 is 16.4 Å². The molecule has 1 aromatic carbocycles. The van der Waals surface area contributed by atoms with Gasteiger partial charge in [0.15, 0.2) is 0 Å². The Balaban J connectivity index is 3.11. The van der Waals surface area contributed by atoms with Crippen LogP contribution in [0.1, 0.15) is 33.6 Å². The highest BCUT2D eigenvalue weighted by Gasteiger charge is 2.24. The first-order valence-corrected chi connectivity index (χ1v) is 6.72. The van der Waals surface area contributed by atoms with Crippen molar-refractivity contribution in [2.24, 2.45) is 5.92 Å². The molecule has 0 N–H and O–H groups in total. The molecule has 0 aliphatic carbocycles. The maximum absolute atomic E-state index is 13.6. The number of halogens is 1. The second-order valence-corrected chi connectivity index (χ2v) is 4.59. The van der Waals surface area contributed by atoms with Crippen LogP contribution in [0.25, 0.3) is 0 Å². The van der Waals surface area contributed by atoms with Crippen molar-refractivity contribution in [2.45, 2.75) is 33.6 Å². The molecule has 1 aromatic rings. The molecule has 0 fully saturated rings. The Morgan fingerprint density at radius 2 is 1.95 bits per heavy atom. The number of para-hydroxylation sites is 1. The quantitative estimate of drug-likeness (QED) is 0.554. The number of anilines is 1. The summed E-state index contributed by atoms with van der Waals surface area (Å²) in [5.41, 5.74) is -0.0466. The van der Waals surface area contributed by atoms with Crippen LogP contribution >= 0.6 is 0 Å². The minimum Gasteiger partial charge on any atom is -0.366 e. The van der Waals surface area contributed by atoms with E-state index in [0.29, 0.717) is 24.7 Å². The average Bonchev–Trinajstić information content (AvgIpc) is 2.39. The summed E-state index contributed by atoms with van der Waals surface area (Å²) in [7, 11) is 0. The van der Waals surface area contributed by atoms with E-state index in [2.05, 4.69) is 13.8 Å². The lowest BCUT2D eigenvalue weighted by Crippen LogP contribution is -2.29. The Morgan fingerprint density at radius 3 is 2.42 bits per heavy atom. The van der Waals surface area contributed by atoms with Gasteiger partial charge in [-0.3, -0.25) is 10.1 Å². The van der Waals surface area contributed by atoms with Crippen molar-refractivity contribution >= 4 is 11.4 Å². The molecule has 0 aromatic heterocycles. The molecule has 0 radical (unpaired) electrons. The van der Waals surface area contributed by atoms with Crippen LogP contribution < -0.4 is 4.90 Å². The minimum absolute atomic E-state index is 0.374. The molecule has 0 spiro atoms. The molecule has 19 heavy (non-hydrogen) atoms. The molecule has 0 aliphatic heterocycles. The van der Waals surface area contributed by atoms with Gasteiger partial charge in [0.2, 0.25) is 5.82 Å². The highest BCUT2D eigenvalue weighted by atomic mass is 19.1. The van der Waals surface area contributed by atoms with E-state index in [4.69, 9.17) is 0 Å². The highest BCUT2D eigenvalue weighted by Crippen LogP contribution is 2.31. The molecule has 106 valence electrons. The van der Waals surface area contributed by atoms with E-state index in [9.17, 15) is 14.5 Å². The van der Waals surface area contributed by atoms with E-state index >= 15 is 0 Å². The lowest BCUT2D eigenvalue weighted by atomic mass is 10.0. The van der Waals surface area contributed by atoms with Crippen LogP contribution in [-0.2, 0) is 0 Å². The van der Waals surface area contributed by atoms with Gasteiger partial charge in [0.25, 0.3) is 0 Å². The molecular formula is C14H21FN2O2. The summed E-state index contributed by atoms with van der Waals surface area (Å²) in [6.07, 6.45) is 2.02. The fraction of sp³-hybridized carbons (Fsp3) is 0.571. The van der Waals surface area contributed by atoms with Crippen molar-refractivity contribution in [1.82, 2.24) is 0 Å². The Bertz CT molecular complexity index is 433. The second kappa shape index (κ2) is 7.07. The van der Waals surface area contributed by atoms with Crippen molar-refractivity contribution < 1.29 is 9.31 Å². The fourth-order valence-corrected chi connectivity index (χ4v) is 2.20. The van der Waals surface area contributed by atoms with Crippen molar-refractivity contribution in [3.05, 3.63) is 34.1 Å². The van der Waals surface area contributed by atoms with E-state index in [0.717, 1.165) is 18.9 Å². The molecule has 0 heterocycles. The van der Waals surface area contributed by atoms with Gasteiger partial charge in [-0.15, -0.1) is 0 Å². The first-order chi connectivity index (χ1) is 9.04. The Labute approximate surface area is 113 Å². The molecule has 0 aliphatic rings. The molecule has 0 amide bonds. The predicted octanol–water partition coefficient (Wildman–Crippen LogP) is 4.00. The zero-order valence-corrected chi connectivity index (χ0v) is 11.7. The zero-order chi connectivity index (χ0) is 14.4. The molecule has 1 rings (SSSR count). The molecule has 0 atom stereocenters. The average molecular weight is 268 g/mol. The molecule has 5 heteroatoms. The van der Waals surface area contributed by atoms with Gasteiger partial charge < -0.3 is 4.90 Å². The first-order valence-electron chi connectivity index (χ1n) is 6.72. The normalized spacial score (nSPS) is 10.8. The molecule has 0 saturated carbocycles. The van der Waals surface area contributed by atoms with Crippen LogP contribution in [0.3, 0.4) is 0 Å². The Hall–Kier alpha value is -1.65. The molecule has 0 unspecified atom stereocenters. The lowest BCUT2D eigenvalue weighted by Gasteiger charge is -2.27. The smallest absolute Gasteiger partial charge is 0.327 e. The van der Waals surface area contributed by atoms with Gasteiger partial charge in [-0.1, -0.05) is 32.8 Å². The maximum Gasteiger partial charge on any atom is 0.327 e. The Kier molecular flexibility index (Phi) is 5.73. The molecule has 4 nitrogen and oxygen atoms in total. The van der Waals surface area contributed by atoms with Crippen LogP contribution in [0, 0.1) is 21.8 Å². The van der Waals surface area contributed by atoms with E-state index in [1.165, 1.54) is 6.07 Å². The van der Waals surface area contributed by atoms with Crippen LogP contribution in [-0.4, -0.2) is 18.0 Å². The number of rotatable bonds is 7. The van der Waals surface area contributed by atoms with Crippen LogP contribution in [0.5, 0.6) is 0 Å². The predicted molar refractivity (Wildman–Crippen MR) is 75.0 cm³/mol. The first kappa shape index (κ1) is 15.4. The maximum atomic E-state index is 13.6. The van der Waals surface area contributed by atoms with Gasteiger partial charge in [0.05, 0.1) is 4.92 Å². The zero-order valence-electron chi connectivity index (χ0n) is 11.7. The number of nitrogens with zero attached hydrogens (tertiary/aromatic N) is 2. The monoisotopic (exact) mass is 268 g/mol. The number of nitro groups is 1. The van der Waals surface area contributed by atoms with E-state index in [1.54, 1.807) is 6.07 Å². The topological polar surface area (TPSA) is 46.4 Å². The third kappa shape index (κ3) is 3.66. The third-order valence-corrected chi connectivity index (χ3v) is 3.50. The summed E-state index contributed by atoms with van der Waals surface area (Å²) in [5.74, 6) is -0.312. The third-order valence-electron chi connectivity index (χ3n) is 3.50. The highest BCUT2D eigenvalue weighted by molar-refractivity contribution is 5.63. The van der Waals surface area contributed by atoms with Crippen LogP contribution in [0.2, 0.25) is 0 Å². The van der Waals surface area contributed by atoms with Crippen molar-refractivity contribution in [1.29, 1.82) is 0 Å². The van der Waals surface area contributed by atoms with Gasteiger partial charge in [0.1, 0.15) is 5.69 Å². The minimum atomic E-state index is -0.773.